The molecule has 1 unspecified atom stereocenters. The van der Waals surface area contributed by atoms with Crippen LogP contribution in [-0.4, -0.2) is 42.0 Å². The normalized spacial score (nSPS) is 17.3. The SMILES string of the molecule is CCC(C)N1CCN(c2ccc([N+](=O)[O-])c(C#N)c2)CC1. The van der Waals surface area contributed by atoms with Gasteiger partial charge in [0.1, 0.15) is 11.6 Å². The van der Waals surface area contributed by atoms with Gasteiger partial charge in [0.2, 0.25) is 0 Å². The van der Waals surface area contributed by atoms with Crippen molar-refractivity contribution < 1.29 is 4.92 Å². The van der Waals surface area contributed by atoms with Crippen molar-refractivity contribution in [1.82, 2.24) is 4.90 Å². The molecule has 0 spiro atoms. The highest BCUT2D eigenvalue weighted by molar-refractivity contribution is 5.60. The summed E-state index contributed by atoms with van der Waals surface area (Å²) in [5, 5.41) is 19.9. The second-order valence-corrected chi connectivity index (χ2v) is 5.35. The summed E-state index contributed by atoms with van der Waals surface area (Å²) in [7, 11) is 0. The van der Waals surface area contributed by atoms with Gasteiger partial charge >= 0.3 is 0 Å². The lowest BCUT2D eigenvalue weighted by molar-refractivity contribution is -0.385. The Labute approximate surface area is 124 Å². The molecule has 0 bridgehead atoms. The summed E-state index contributed by atoms with van der Waals surface area (Å²) in [5.74, 6) is 0. The van der Waals surface area contributed by atoms with E-state index in [1.165, 1.54) is 6.07 Å². The Morgan fingerprint density at radius 2 is 2.05 bits per heavy atom. The van der Waals surface area contributed by atoms with E-state index in [4.69, 9.17) is 5.26 Å². The molecule has 0 N–H and O–H groups in total. The first-order valence-electron chi connectivity index (χ1n) is 7.24. The van der Waals surface area contributed by atoms with Crippen LogP contribution < -0.4 is 4.90 Å². The van der Waals surface area contributed by atoms with Crippen molar-refractivity contribution in [3.8, 4) is 6.07 Å². The summed E-state index contributed by atoms with van der Waals surface area (Å²) in [6.45, 7) is 8.14. The van der Waals surface area contributed by atoms with Crippen LogP contribution in [0.2, 0.25) is 0 Å². The van der Waals surface area contributed by atoms with Crippen LogP contribution in [-0.2, 0) is 0 Å². The van der Waals surface area contributed by atoms with E-state index in [0.29, 0.717) is 6.04 Å². The van der Waals surface area contributed by atoms with Gasteiger partial charge in [0.05, 0.1) is 4.92 Å². The number of benzene rings is 1. The molecule has 1 heterocycles. The highest BCUT2D eigenvalue weighted by atomic mass is 16.6. The van der Waals surface area contributed by atoms with E-state index < -0.39 is 4.92 Å². The molecule has 6 heteroatoms. The Bertz CT molecular complexity index is 559. The van der Waals surface area contributed by atoms with Crippen LogP contribution in [0.4, 0.5) is 11.4 Å². The van der Waals surface area contributed by atoms with E-state index in [2.05, 4.69) is 23.6 Å². The summed E-state index contributed by atoms with van der Waals surface area (Å²) >= 11 is 0. The van der Waals surface area contributed by atoms with Gasteiger partial charge in [-0.05, 0) is 25.5 Å². The second kappa shape index (κ2) is 6.55. The van der Waals surface area contributed by atoms with Crippen molar-refractivity contribution in [3.05, 3.63) is 33.9 Å². The number of nitrogens with zero attached hydrogens (tertiary/aromatic N) is 4. The molecule has 1 aromatic carbocycles. The van der Waals surface area contributed by atoms with Crippen LogP contribution in [0.25, 0.3) is 0 Å². The standard InChI is InChI=1S/C15H20N4O2/c1-3-12(2)17-6-8-18(9-7-17)14-4-5-15(19(20)21)13(10-14)11-16/h4-5,10,12H,3,6-9H2,1-2H3. The third-order valence-electron chi connectivity index (χ3n) is 4.19. The van der Waals surface area contributed by atoms with Crippen molar-refractivity contribution >= 4 is 11.4 Å². The molecule has 6 nitrogen and oxygen atoms in total. The lowest BCUT2D eigenvalue weighted by atomic mass is 10.1. The molecule has 1 saturated heterocycles. The van der Waals surface area contributed by atoms with Crippen LogP contribution >= 0.6 is 0 Å². The Morgan fingerprint density at radius 3 is 2.57 bits per heavy atom. The first-order valence-corrected chi connectivity index (χ1v) is 7.24. The van der Waals surface area contributed by atoms with Crippen LogP contribution in [0, 0.1) is 21.4 Å². The molecule has 21 heavy (non-hydrogen) atoms. The van der Waals surface area contributed by atoms with Crippen LogP contribution in [0.5, 0.6) is 0 Å². The van der Waals surface area contributed by atoms with Gasteiger partial charge in [0, 0.05) is 44.0 Å². The molecule has 0 radical (unpaired) electrons. The van der Waals surface area contributed by atoms with Crippen molar-refractivity contribution in [2.24, 2.45) is 0 Å². The summed E-state index contributed by atoms with van der Waals surface area (Å²) in [4.78, 5) is 15.0. The van der Waals surface area contributed by atoms with Gasteiger partial charge in [-0.25, -0.2) is 0 Å². The van der Waals surface area contributed by atoms with Gasteiger partial charge < -0.3 is 4.90 Å². The van der Waals surface area contributed by atoms with E-state index in [1.807, 2.05) is 6.07 Å². The minimum atomic E-state index is -0.511. The molecule has 0 amide bonds. The Morgan fingerprint density at radius 1 is 1.38 bits per heavy atom. The molecule has 0 aliphatic carbocycles. The second-order valence-electron chi connectivity index (χ2n) is 5.35. The molecule has 1 aliphatic heterocycles. The maximum atomic E-state index is 10.9. The van der Waals surface area contributed by atoms with E-state index in [1.54, 1.807) is 12.1 Å². The Hall–Kier alpha value is -2.13. The van der Waals surface area contributed by atoms with E-state index in [0.717, 1.165) is 38.3 Å². The largest absolute Gasteiger partial charge is 0.369 e. The number of hydrogen-bond acceptors (Lipinski definition) is 5. The molecule has 112 valence electrons. The zero-order chi connectivity index (χ0) is 15.4. The quantitative estimate of drug-likeness (QED) is 0.628. The van der Waals surface area contributed by atoms with Crippen molar-refractivity contribution in [3.63, 3.8) is 0 Å². The van der Waals surface area contributed by atoms with Crippen LogP contribution in [0.15, 0.2) is 18.2 Å². The zero-order valence-corrected chi connectivity index (χ0v) is 12.5. The fourth-order valence-corrected chi connectivity index (χ4v) is 2.65. The molecule has 1 fully saturated rings. The van der Waals surface area contributed by atoms with E-state index in [-0.39, 0.29) is 11.3 Å². The van der Waals surface area contributed by atoms with E-state index >= 15 is 0 Å². The minimum Gasteiger partial charge on any atom is -0.369 e. The van der Waals surface area contributed by atoms with Gasteiger partial charge in [-0.3, -0.25) is 15.0 Å². The number of piperazine rings is 1. The zero-order valence-electron chi connectivity index (χ0n) is 12.5. The van der Waals surface area contributed by atoms with Crippen LogP contribution in [0.1, 0.15) is 25.8 Å². The number of nitro groups is 1. The number of nitro benzene ring substituents is 1. The molecule has 0 aromatic heterocycles. The minimum absolute atomic E-state index is 0.125. The highest BCUT2D eigenvalue weighted by Crippen LogP contribution is 2.25. The average Bonchev–Trinajstić information content (AvgIpc) is 2.53. The fourth-order valence-electron chi connectivity index (χ4n) is 2.65. The van der Waals surface area contributed by atoms with Crippen molar-refractivity contribution in [1.29, 1.82) is 5.26 Å². The van der Waals surface area contributed by atoms with Gasteiger partial charge in [0.15, 0.2) is 0 Å². The Kier molecular flexibility index (Phi) is 4.76. The van der Waals surface area contributed by atoms with Crippen molar-refractivity contribution in [2.45, 2.75) is 26.3 Å². The number of anilines is 1. The third-order valence-corrected chi connectivity index (χ3v) is 4.19. The van der Waals surface area contributed by atoms with Gasteiger partial charge in [-0.1, -0.05) is 6.92 Å². The molecule has 2 rings (SSSR count). The Balaban J connectivity index is 2.11. The van der Waals surface area contributed by atoms with E-state index in [9.17, 15) is 10.1 Å². The molecular weight excluding hydrogens is 268 g/mol. The maximum absolute atomic E-state index is 10.9. The summed E-state index contributed by atoms with van der Waals surface area (Å²) in [6, 6.07) is 7.28. The predicted molar refractivity (Wildman–Crippen MR) is 81.4 cm³/mol. The predicted octanol–water partition coefficient (Wildman–Crippen LogP) is 2.39. The first kappa shape index (κ1) is 15.3. The fraction of sp³-hybridized carbons (Fsp3) is 0.533. The van der Waals surface area contributed by atoms with Crippen molar-refractivity contribution in [2.75, 3.05) is 31.1 Å². The number of nitriles is 1. The van der Waals surface area contributed by atoms with Crippen LogP contribution in [0.3, 0.4) is 0 Å². The van der Waals surface area contributed by atoms with Gasteiger partial charge in [0.25, 0.3) is 5.69 Å². The molecular formula is C15H20N4O2. The molecule has 1 aromatic rings. The topological polar surface area (TPSA) is 73.4 Å². The molecule has 1 aliphatic rings. The number of rotatable bonds is 4. The van der Waals surface area contributed by atoms with Gasteiger partial charge in [-0.15, -0.1) is 0 Å². The highest BCUT2D eigenvalue weighted by Gasteiger charge is 2.22. The first-order chi connectivity index (χ1) is 10.1. The molecule has 0 saturated carbocycles. The summed E-state index contributed by atoms with van der Waals surface area (Å²) < 4.78 is 0. The van der Waals surface area contributed by atoms with Gasteiger partial charge in [-0.2, -0.15) is 5.26 Å². The lowest BCUT2D eigenvalue weighted by Crippen LogP contribution is -2.49. The lowest BCUT2D eigenvalue weighted by Gasteiger charge is -2.39. The smallest absolute Gasteiger partial charge is 0.287 e. The summed E-state index contributed by atoms with van der Waals surface area (Å²) in [5.41, 5.74) is 0.891. The molecule has 1 atom stereocenters. The maximum Gasteiger partial charge on any atom is 0.287 e. The average molecular weight is 288 g/mol. The summed E-state index contributed by atoms with van der Waals surface area (Å²) in [6.07, 6.45) is 1.14. The number of hydrogen-bond donors (Lipinski definition) is 0. The monoisotopic (exact) mass is 288 g/mol. The third kappa shape index (κ3) is 3.31.